The Morgan fingerprint density at radius 3 is 2.28 bits per heavy atom. The van der Waals surface area contributed by atoms with Gasteiger partial charge in [-0.2, -0.15) is 11.8 Å². The molecule has 0 heterocycles. The molecule has 1 fully saturated rings. The summed E-state index contributed by atoms with van der Waals surface area (Å²) in [6, 6.07) is -0.301. The van der Waals surface area contributed by atoms with Crippen molar-refractivity contribution in [3.05, 3.63) is 0 Å². The number of nitrogens with one attached hydrogen (secondary N) is 1. The molecule has 0 aliphatic heterocycles. The first-order valence-corrected chi connectivity index (χ1v) is 7.25. The summed E-state index contributed by atoms with van der Waals surface area (Å²) in [6.07, 6.45) is 4.27. The lowest BCUT2D eigenvalue weighted by atomic mass is 10.1. The Labute approximate surface area is 112 Å². The van der Waals surface area contributed by atoms with Crippen LogP contribution in [0.4, 0.5) is 4.79 Å². The maximum absolute atomic E-state index is 12.1. The molecule has 0 aromatic carbocycles. The summed E-state index contributed by atoms with van der Waals surface area (Å²) in [4.78, 5) is 24.2. The zero-order valence-electron chi connectivity index (χ0n) is 11.4. The lowest BCUT2D eigenvalue weighted by Gasteiger charge is -2.34. The Balaban J connectivity index is 2.57. The largest absolute Gasteiger partial charge is 0.480 e. The molecule has 0 aromatic rings. The first-order chi connectivity index (χ1) is 8.20. The first kappa shape index (κ1) is 15.1. The van der Waals surface area contributed by atoms with E-state index in [0.29, 0.717) is 6.54 Å². The molecule has 0 radical (unpaired) electrons. The monoisotopic (exact) mass is 274 g/mol. The van der Waals surface area contributed by atoms with Gasteiger partial charge in [0, 0.05) is 16.8 Å². The number of aliphatic carboxylic acids is 1. The molecule has 1 saturated carbocycles. The van der Waals surface area contributed by atoms with Gasteiger partial charge in [-0.05, 0) is 39.9 Å². The highest BCUT2D eigenvalue weighted by Gasteiger charge is 2.42. The number of carbonyl (C=O) groups excluding carboxylic acids is 1. The molecule has 0 unspecified atom stereocenters. The van der Waals surface area contributed by atoms with Crippen LogP contribution in [0, 0.1) is 0 Å². The van der Waals surface area contributed by atoms with Crippen molar-refractivity contribution in [3.63, 3.8) is 0 Å². The SMILES string of the molecule is CSC1(CNC(=O)N(CC(=O)O)C(C)(C)C)CC1. The molecule has 2 N–H and O–H groups in total. The number of hydrogen-bond donors (Lipinski definition) is 2. The van der Waals surface area contributed by atoms with E-state index in [1.54, 1.807) is 11.8 Å². The molecule has 104 valence electrons. The number of amides is 2. The zero-order valence-corrected chi connectivity index (χ0v) is 12.3. The third-order valence-electron chi connectivity index (χ3n) is 3.15. The van der Waals surface area contributed by atoms with Crippen LogP contribution in [0.3, 0.4) is 0 Å². The van der Waals surface area contributed by atoms with E-state index in [0.717, 1.165) is 12.8 Å². The van der Waals surface area contributed by atoms with Gasteiger partial charge in [-0.25, -0.2) is 4.79 Å². The highest BCUT2D eigenvalue weighted by atomic mass is 32.2. The van der Waals surface area contributed by atoms with E-state index < -0.39 is 11.5 Å². The van der Waals surface area contributed by atoms with E-state index in [1.807, 2.05) is 27.0 Å². The van der Waals surface area contributed by atoms with Crippen molar-refractivity contribution in [1.29, 1.82) is 0 Å². The van der Waals surface area contributed by atoms with Gasteiger partial charge in [0.1, 0.15) is 6.54 Å². The number of carboxylic acids is 1. The first-order valence-electron chi connectivity index (χ1n) is 6.03. The number of carbonyl (C=O) groups is 2. The molecular weight excluding hydrogens is 252 g/mol. The molecule has 5 nitrogen and oxygen atoms in total. The zero-order chi connectivity index (χ0) is 14.0. The summed E-state index contributed by atoms with van der Waals surface area (Å²) >= 11 is 1.76. The molecule has 1 aliphatic carbocycles. The topological polar surface area (TPSA) is 69.6 Å². The smallest absolute Gasteiger partial charge is 0.323 e. The van der Waals surface area contributed by atoms with Crippen molar-refractivity contribution in [3.8, 4) is 0 Å². The van der Waals surface area contributed by atoms with Gasteiger partial charge in [-0.1, -0.05) is 0 Å². The lowest BCUT2D eigenvalue weighted by molar-refractivity contribution is -0.138. The maximum Gasteiger partial charge on any atom is 0.323 e. The van der Waals surface area contributed by atoms with Crippen molar-refractivity contribution >= 4 is 23.8 Å². The fourth-order valence-corrected chi connectivity index (χ4v) is 2.40. The van der Waals surface area contributed by atoms with Crippen molar-refractivity contribution in [2.45, 2.75) is 43.9 Å². The fraction of sp³-hybridized carbons (Fsp3) is 0.833. The minimum absolute atomic E-state index is 0.183. The Hall–Kier alpha value is -0.910. The van der Waals surface area contributed by atoms with Crippen LogP contribution < -0.4 is 5.32 Å². The van der Waals surface area contributed by atoms with Gasteiger partial charge >= 0.3 is 12.0 Å². The van der Waals surface area contributed by atoms with Crippen LogP contribution in [0.5, 0.6) is 0 Å². The fourth-order valence-electron chi connectivity index (χ4n) is 1.67. The number of nitrogens with zero attached hydrogens (tertiary/aromatic N) is 1. The number of thioether (sulfide) groups is 1. The molecule has 1 aliphatic rings. The standard InChI is InChI=1S/C12H22N2O3S/c1-11(2,3)14(7-9(15)16)10(17)13-8-12(18-4)5-6-12/h5-8H2,1-4H3,(H,13,17)(H,15,16). The molecule has 0 saturated heterocycles. The van der Waals surface area contributed by atoms with Crippen molar-refractivity contribution < 1.29 is 14.7 Å². The highest BCUT2D eigenvalue weighted by Crippen LogP contribution is 2.46. The second kappa shape index (κ2) is 5.38. The van der Waals surface area contributed by atoms with Gasteiger partial charge in [-0.15, -0.1) is 0 Å². The Kier molecular flexibility index (Phi) is 4.53. The predicted octanol–water partition coefficient (Wildman–Crippen LogP) is 1.78. The van der Waals surface area contributed by atoms with Gasteiger partial charge in [0.25, 0.3) is 0 Å². The minimum Gasteiger partial charge on any atom is -0.480 e. The van der Waals surface area contributed by atoms with Crippen molar-refractivity contribution in [1.82, 2.24) is 10.2 Å². The molecule has 0 bridgehead atoms. The number of hydrogen-bond acceptors (Lipinski definition) is 3. The summed E-state index contributed by atoms with van der Waals surface area (Å²) < 4.78 is 0.183. The van der Waals surface area contributed by atoms with Gasteiger partial charge in [0.2, 0.25) is 0 Å². The normalized spacial score (nSPS) is 17.1. The predicted molar refractivity (Wildman–Crippen MR) is 73.0 cm³/mol. The Morgan fingerprint density at radius 1 is 1.39 bits per heavy atom. The number of carboxylic acid groups (broad SMARTS) is 1. The van der Waals surface area contributed by atoms with Gasteiger partial charge in [0.15, 0.2) is 0 Å². The van der Waals surface area contributed by atoms with E-state index >= 15 is 0 Å². The van der Waals surface area contributed by atoms with E-state index in [1.165, 1.54) is 4.90 Å². The second-order valence-electron chi connectivity index (χ2n) is 5.70. The molecule has 0 spiro atoms. The summed E-state index contributed by atoms with van der Waals surface area (Å²) in [6.45, 7) is 5.83. The van der Waals surface area contributed by atoms with Crippen LogP contribution in [-0.4, -0.2) is 51.6 Å². The molecule has 2 amide bonds. The Bertz CT molecular complexity index is 335. The van der Waals surface area contributed by atoms with Crippen LogP contribution in [0.2, 0.25) is 0 Å². The molecule has 6 heteroatoms. The summed E-state index contributed by atoms with van der Waals surface area (Å²) in [5.41, 5.74) is -0.501. The van der Waals surface area contributed by atoms with Gasteiger partial charge in [0.05, 0.1) is 0 Å². The molecule has 0 aromatic heterocycles. The van der Waals surface area contributed by atoms with Crippen LogP contribution in [-0.2, 0) is 4.79 Å². The molecule has 1 rings (SSSR count). The van der Waals surface area contributed by atoms with Crippen LogP contribution in [0.15, 0.2) is 0 Å². The van der Waals surface area contributed by atoms with Crippen LogP contribution >= 0.6 is 11.8 Å². The van der Waals surface area contributed by atoms with Crippen LogP contribution in [0.1, 0.15) is 33.6 Å². The Morgan fingerprint density at radius 2 is 1.94 bits per heavy atom. The molecule has 18 heavy (non-hydrogen) atoms. The molecular formula is C12H22N2O3S. The molecule has 0 atom stereocenters. The summed E-state index contributed by atoms with van der Waals surface area (Å²) in [7, 11) is 0. The summed E-state index contributed by atoms with van der Waals surface area (Å²) in [5.74, 6) is -0.994. The minimum atomic E-state index is -0.994. The number of urea groups is 1. The van der Waals surface area contributed by atoms with E-state index in [9.17, 15) is 9.59 Å². The number of rotatable bonds is 5. The van der Waals surface area contributed by atoms with E-state index in [2.05, 4.69) is 5.32 Å². The summed E-state index contributed by atoms with van der Waals surface area (Å²) in [5, 5.41) is 11.7. The van der Waals surface area contributed by atoms with Crippen molar-refractivity contribution in [2.24, 2.45) is 0 Å². The average molecular weight is 274 g/mol. The van der Waals surface area contributed by atoms with Gasteiger partial charge < -0.3 is 15.3 Å². The van der Waals surface area contributed by atoms with E-state index in [4.69, 9.17) is 5.11 Å². The average Bonchev–Trinajstić information content (AvgIpc) is 3.01. The quantitative estimate of drug-likeness (QED) is 0.801. The van der Waals surface area contributed by atoms with Gasteiger partial charge in [-0.3, -0.25) is 4.79 Å². The second-order valence-corrected chi connectivity index (χ2v) is 6.97. The van der Waals surface area contributed by atoms with E-state index in [-0.39, 0.29) is 17.3 Å². The third kappa shape index (κ3) is 4.08. The van der Waals surface area contributed by atoms with Crippen LogP contribution in [0.25, 0.3) is 0 Å². The highest BCUT2D eigenvalue weighted by molar-refractivity contribution is 8.00. The lowest BCUT2D eigenvalue weighted by Crippen LogP contribution is -2.53. The van der Waals surface area contributed by atoms with Crippen molar-refractivity contribution in [2.75, 3.05) is 19.3 Å². The maximum atomic E-state index is 12.1. The third-order valence-corrected chi connectivity index (χ3v) is 4.57.